The average molecular weight is 298 g/mol. The maximum atomic E-state index is 11.4. The van der Waals surface area contributed by atoms with Crippen LogP contribution in [-0.4, -0.2) is 29.3 Å². The van der Waals surface area contributed by atoms with Gasteiger partial charge in [-0.1, -0.05) is 12.1 Å². The van der Waals surface area contributed by atoms with Crippen LogP contribution in [0.1, 0.15) is 19.8 Å². The van der Waals surface area contributed by atoms with Crippen molar-refractivity contribution in [3.8, 4) is 0 Å². The summed E-state index contributed by atoms with van der Waals surface area (Å²) in [5, 5.41) is 10.9. The van der Waals surface area contributed by atoms with Gasteiger partial charge in [0.1, 0.15) is 5.54 Å². The van der Waals surface area contributed by atoms with Crippen molar-refractivity contribution in [3.63, 3.8) is 0 Å². The van der Waals surface area contributed by atoms with E-state index in [0.29, 0.717) is 23.5 Å². The molecule has 1 aromatic carbocycles. The van der Waals surface area contributed by atoms with Crippen LogP contribution in [0.2, 0.25) is 0 Å². The summed E-state index contributed by atoms with van der Waals surface area (Å²) in [6.07, 6.45) is 1.13. The third-order valence-corrected chi connectivity index (χ3v) is 3.96. The molecule has 1 rings (SSSR count). The second kappa shape index (κ2) is 7.25. The van der Waals surface area contributed by atoms with Gasteiger partial charge < -0.3 is 10.5 Å². The van der Waals surface area contributed by atoms with E-state index in [1.54, 1.807) is 25.1 Å². The molecule has 7 heteroatoms. The highest BCUT2D eigenvalue weighted by Crippen LogP contribution is 2.29. The molecule has 6 nitrogen and oxygen atoms in total. The maximum absolute atomic E-state index is 11.4. The van der Waals surface area contributed by atoms with E-state index >= 15 is 0 Å². The Kier molecular flexibility index (Phi) is 5.97. The van der Waals surface area contributed by atoms with Crippen molar-refractivity contribution in [2.24, 2.45) is 5.73 Å². The SMILES string of the molecule is COC(=O)C(C)(N)CCCSc1ccccc1[N+](=O)[O-]. The first-order valence-electron chi connectivity index (χ1n) is 6.12. The fourth-order valence-electron chi connectivity index (χ4n) is 1.69. The predicted octanol–water partition coefficient (Wildman–Crippen LogP) is 2.36. The Hall–Kier alpha value is -1.60. The first-order valence-corrected chi connectivity index (χ1v) is 7.10. The molecule has 0 fully saturated rings. The zero-order valence-corrected chi connectivity index (χ0v) is 12.3. The van der Waals surface area contributed by atoms with E-state index in [1.807, 2.05) is 0 Å². The smallest absolute Gasteiger partial charge is 0.325 e. The predicted molar refractivity (Wildman–Crippen MR) is 77.7 cm³/mol. The van der Waals surface area contributed by atoms with Gasteiger partial charge in [-0.15, -0.1) is 11.8 Å². The van der Waals surface area contributed by atoms with Crippen molar-refractivity contribution in [3.05, 3.63) is 34.4 Å². The standard InChI is InChI=1S/C13H18N2O4S/c1-13(14,12(16)19-2)8-5-9-20-11-7-4-3-6-10(11)15(17)18/h3-4,6-7H,5,8-9,14H2,1-2H3. The number of hydrogen-bond donors (Lipinski definition) is 1. The molecular weight excluding hydrogens is 280 g/mol. The molecule has 2 N–H and O–H groups in total. The number of para-hydroxylation sites is 1. The summed E-state index contributed by atoms with van der Waals surface area (Å²) >= 11 is 1.39. The van der Waals surface area contributed by atoms with E-state index < -0.39 is 16.4 Å². The summed E-state index contributed by atoms with van der Waals surface area (Å²) < 4.78 is 4.62. The molecule has 0 saturated heterocycles. The van der Waals surface area contributed by atoms with Gasteiger partial charge in [0, 0.05) is 6.07 Å². The molecule has 0 radical (unpaired) electrons. The molecule has 0 aliphatic rings. The lowest BCUT2D eigenvalue weighted by molar-refractivity contribution is -0.387. The van der Waals surface area contributed by atoms with Crippen molar-refractivity contribution < 1.29 is 14.5 Å². The number of carbonyl (C=O) groups is 1. The number of nitrogens with two attached hydrogens (primary N) is 1. The third-order valence-electron chi connectivity index (χ3n) is 2.81. The average Bonchev–Trinajstić information content (AvgIpc) is 2.42. The lowest BCUT2D eigenvalue weighted by Gasteiger charge is -2.20. The van der Waals surface area contributed by atoms with Gasteiger partial charge >= 0.3 is 5.97 Å². The highest BCUT2D eigenvalue weighted by atomic mass is 32.2. The van der Waals surface area contributed by atoms with Crippen molar-refractivity contribution >= 4 is 23.4 Å². The zero-order chi connectivity index (χ0) is 15.2. The minimum Gasteiger partial charge on any atom is -0.468 e. The van der Waals surface area contributed by atoms with Crippen LogP contribution in [-0.2, 0) is 9.53 Å². The third kappa shape index (κ3) is 4.50. The van der Waals surface area contributed by atoms with Gasteiger partial charge in [0.05, 0.1) is 16.9 Å². The topological polar surface area (TPSA) is 95.5 Å². The molecule has 1 atom stereocenters. The Morgan fingerprint density at radius 2 is 2.15 bits per heavy atom. The summed E-state index contributed by atoms with van der Waals surface area (Å²) in [5.41, 5.74) is 4.92. The molecule has 0 aromatic heterocycles. The van der Waals surface area contributed by atoms with Crippen molar-refractivity contribution in [2.45, 2.75) is 30.2 Å². The maximum Gasteiger partial charge on any atom is 0.325 e. The first kappa shape index (κ1) is 16.5. The second-order valence-electron chi connectivity index (χ2n) is 4.59. The van der Waals surface area contributed by atoms with Gasteiger partial charge in [0.15, 0.2) is 0 Å². The van der Waals surface area contributed by atoms with Crippen molar-refractivity contribution in [2.75, 3.05) is 12.9 Å². The van der Waals surface area contributed by atoms with Crippen LogP contribution >= 0.6 is 11.8 Å². The Bertz CT molecular complexity index is 491. The Labute approximate surface area is 121 Å². The van der Waals surface area contributed by atoms with E-state index in [0.717, 1.165) is 0 Å². The summed E-state index contributed by atoms with van der Waals surface area (Å²) in [7, 11) is 1.30. The molecule has 0 spiro atoms. The minimum atomic E-state index is -1.02. The molecule has 0 aliphatic heterocycles. The molecule has 20 heavy (non-hydrogen) atoms. The number of nitro groups is 1. The van der Waals surface area contributed by atoms with Gasteiger partial charge in [-0.25, -0.2) is 0 Å². The van der Waals surface area contributed by atoms with Crippen LogP contribution in [0.3, 0.4) is 0 Å². The van der Waals surface area contributed by atoms with Crippen LogP contribution in [0.15, 0.2) is 29.2 Å². The summed E-state index contributed by atoms with van der Waals surface area (Å²) in [5.74, 6) is 0.197. The van der Waals surface area contributed by atoms with E-state index in [2.05, 4.69) is 4.74 Å². The number of carbonyl (C=O) groups excluding carboxylic acids is 1. The van der Waals surface area contributed by atoms with Gasteiger partial charge in [-0.05, 0) is 31.6 Å². The minimum absolute atomic E-state index is 0.0981. The van der Waals surface area contributed by atoms with Crippen LogP contribution in [0.25, 0.3) is 0 Å². The molecule has 1 unspecified atom stereocenters. The Balaban J connectivity index is 2.50. The first-order chi connectivity index (χ1) is 9.38. The number of rotatable bonds is 7. The largest absolute Gasteiger partial charge is 0.468 e. The number of hydrogen-bond acceptors (Lipinski definition) is 6. The van der Waals surface area contributed by atoms with E-state index in [1.165, 1.54) is 24.9 Å². The number of thioether (sulfide) groups is 1. The molecule has 0 heterocycles. The highest BCUT2D eigenvalue weighted by molar-refractivity contribution is 7.99. The molecule has 0 bridgehead atoms. The van der Waals surface area contributed by atoms with Crippen LogP contribution < -0.4 is 5.73 Å². The van der Waals surface area contributed by atoms with Gasteiger partial charge in [0.2, 0.25) is 0 Å². The van der Waals surface area contributed by atoms with Crippen LogP contribution in [0, 0.1) is 10.1 Å². The molecule has 0 amide bonds. The van der Waals surface area contributed by atoms with E-state index in [9.17, 15) is 14.9 Å². The summed E-state index contributed by atoms with van der Waals surface area (Å²) in [6, 6.07) is 6.59. The second-order valence-corrected chi connectivity index (χ2v) is 5.72. The quantitative estimate of drug-likeness (QED) is 0.273. The fourth-order valence-corrected chi connectivity index (χ4v) is 2.66. The van der Waals surface area contributed by atoms with Gasteiger partial charge in [-0.3, -0.25) is 14.9 Å². The monoisotopic (exact) mass is 298 g/mol. The normalized spacial score (nSPS) is 13.6. The summed E-state index contributed by atoms with van der Waals surface area (Å²) in [6.45, 7) is 1.62. The number of esters is 1. The van der Waals surface area contributed by atoms with E-state index in [4.69, 9.17) is 5.73 Å². The Morgan fingerprint density at radius 3 is 2.75 bits per heavy atom. The summed E-state index contributed by atoms with van der Waals surface area (Å²) in [4.78, 5) is 22.5. The highest BCUT2D eigenvalue weighted by Gasteiger charge is 2.28. The number of methoxy groups -OCH3 is 1. The number of nitrogens with zero attached hydrogens (tertiary/aromatic N) is 1. The van der Waals surface area contributed by atoms with E-state index in [-0.39, 0.29) is 5.69 Å². The molecule has 110 valence electrons. The van der Waals surface area contributed by atoms with Crippen molar-refractivity contribution in [1.82, 2.24) is 0 Å². The number of ether oxygens (including phenoxy) is 1. The lowest BCUT2D eigenvalue weighted by Crippen LogP contribution is -2.45. The van der Waals surface area contributed by atoms with Gasteiger partial charge in [-0.2, -0.15) is 0 Å². The Morgan fingerprint density at radius 1 is 1.50 bits per heavy atom. The molecular formula is C13H18N2O4S. The number of benzene rings is 1. The van der Waals surface area contributed by atoms with Crippen molar-refractivity contribution in [1.29, 1.82) is 0 Å². The molecule has 1 aromatic rings. The van der Waals surface area contributed by atoms with Gasteiger partial charge in [0.25, 0.3) is 5.69 Å². The number of nitro benzene ring substituents is 1. The lowest BCUT2D eigenvalue weighted by atomic mass is 9.98. The van der Waals surface area contributed by atoms with Crippen LogP contribution in [0.5, 0.6) is 0 Å². The molecule has 0 saturated carbocycles. The fraction of sp³-hybridized carbons (Fsp3) is 0.462. The zero-order valence-electron chi connectivity index (χ0n) is 11.5. The molecule has 0 aliphatic carbocycles. The van der Waals surface area contributed by atoms with Crippen LogP contribution in [0.4, 0.5) is 5.69 Å².